The van der Waals surface area contributed by atoms with Crippen LogP contribution < -0.4 is 0 Å². The number of ether oxygens (including phenoxy) is 1. The van der Waals surface area contributed by atoms with Gasteiger partial charge in [-0.1, -0.05) is 54.6 Å². The van der Waals surface area contributed by atoms with Crippen molar-refractivity contribution in [2.45, 2.75) is 50.6 Å². The van der Waals surface area contributed by atoms with Gasteiger partial charge in [0.1, 0.15) is 6.61 Å². The van der Waals surface area contributed by atoms with E-state index in [0.717, 1.165) is 42.8 Å². The molecule has 3 heterocycles. The fourth-order valence-electron chi connectivity index (χ4n) is 5.75. The predicted molar refractivity (Wildman–Crippen MR) is 128 cm³/mol. The van der Waals surface area contributed by atoms with Gasteiger partial charge < -0.3 is 4.74 Å². The second-order valence-electron chi connectivity index (χ2n) is 9.28. The number of carbonyl (C=O) groups is 1. The molecule has 1 aliphatic carbocycles. The maximum Gasteiger partial charge on any atom is 0.410 e. The number of rotatable bonds is 3. The summed E-state index contributed by atoms with van der Waals surface area (Å²) in [5.41, 5.74) is 7.08. The Labute approximate surface area is 194 Å². The largest absolute Gasteiger partial charge is 0.448 e. The Kier molecular flexibility index (Phi) is 4.97. The van der Waals surface area contributed by atoms with Crippen molar-refractivity contribution < 1.29 is 9.53 Å². The normalized spacial score (nSPS) is 21.2. The van der Waals surface area contributed by atoms with E-state index in [-0.39, 0.29) is 24.1 Å². The number of benzene rings is 2. The lowest BCUT2D eigenvalue weighted by molar-refractivity contribution is 0.0538. The molecule has 0 spiro atoms. The molecule has 2 aliphatic heterocycles. The number of carbonyl (C=O) groups excluding carboxylic acids is 1. The van der Waals surface area contributed by atoms with E-state index >= 15 is 0 Å². The highest BCUT2D eigenvalue weighted by molar-refractivity contribution is 5.79. The van der Waals surface area contributed by atoms with Crippen molar-refractivity contribution >= 4 is 11.7 Å². The zero-order valence-corrected chi connectivity index (χ0v) is 18.8. The summed E-state index contributed by atoms with van der Waals surface area (Å²) in [4.78, 5) is 24.4. The van der Waals surface area contributed by atoms with E-state index in [1.807, 2.05) is 24.1 Å². The fourth-order valence-corrected chi connectivity index (χ4v) is 5.75. The maximum absolute atomic E-state index is 13.3. The van der Waals surface area contributed by atoms with Gasteiger partial charge in [-0.15, -0.1) is 0 Å². The summed E-state index contributed by atoms with van der Waals surface area (Å²) in [5.74, 6) is 0.872. The van der Waals surface area contributed by atoms with Crippen molar-refractivity contribution in [2.75, 3.05) is 6.61 Å². The van der Waals surface area contributed by atoms with Crippen LogP contribution in [0.3, 0.4) is 0 Å². The van der Waals surface area contributed by atoms with Crippen LogP contribution in [0.1, 0.15) is 54.2 Å². The summed E-state index contributed by atoms with van der Waals surface area (Å²) in [6, 6.07) is 19.0. The Balaban J connectivity index is 1.22. The fraction of sp³-hybridized carbons (Fsp3) is 0.321. The molecule has 166 valence electrons. The summed E-state index contributed by atoms with van der Waals surface area (Å²) in [6.07, 6.45) is 7.65. The second-order valence-corrected chi connectivity index (χ2v) is 9.28. The Hall–Kier alpha value is -3.47. The smallest absolute Gasteiger partial charge is 0.410 e. The molecule has 0 radical (unpaired) electrons. The van der Waals surface area contributed by atoms with Gasteiger partial charge in [0.25, 0.3) is 0 Å². The van der Waals surface area contributed by atoms with Gasteiger partial charge in [-0.2, -0.15) is 0 Å². The molecule has 33 heavy (non-hydrogen) atoms. The van der Waals surface area contributed by atoms with Crippen LogP contribution in [0, 0.1) is 6.92 Å². The molecular formula is C28H27N3O2. The number of hydrogen-bond acceptors (Lipinski definition) is 4. The van der Waals surface area contributed by atoms with Crippen LogP contribution in [0.4, 0.5) is 4.79 Å². The molecule has 1 aromatic heterocycles. The van der Waals surface area contributed by atoms with E-state index < -0.39 is 0 Å². The van der Waals surface area contributed by atoms with E-state index in [4.69, 9.17) is 4.74 Å². The monoisotopic (exact) mass is 437 g/mol. The molecule has 2 atom stereocenters. The van der Waals surface area contributed by atoms with E-state index in [1.165, 1.54) is 22.3 Å². The lowest BCUT2D eigenvalue weighted by Crippen LogP contribution is -2.52. The molecule has 2 unspecified atom stereocenters. The highest BCUT2D eigenvalue weighted by Crippen LogP contribution is 2.45. The Morgan fingerprint density at radius 2 is 1.76 bits per heavy atom. The number of aryl methyl sites for hydroxylation is 1. The number of fused-ring (bicyclic) bond motifs is 5. The second kappa shape index (κ2) is 8.14. The van der Waals surface area contributed by atoms with E-state index in [9.17, 15) is 4.79 Å². The van der Waals surface area contributed by atoms with Crippen LogP contribution in [-0.4, -0.2) is 39.7 Å². The van der Waals surface area contributed by atoms with Crippen LogP contribution in [-0.2, 0) is 4.74 Å². The summed E-state index contributed by atoms with van der Waals surface area (Å²) in [7, 11) is 0. The molecule has 1 amide bonds. The molecule has 0 saturated carbocycles. The first-order chi connectivity index (χ1) is 16.2. The van der Waals surface area contributed by atoms with Gasteiger partial charge in [0.2, 0.25) is 0 Å². The third kappa shape index (κ3) is 3.52. The molecule has 5 nitrogen and oxygen atoms in total. The lowest BCUT2D eigenvalue weighted by Gasteiger charge is -2.44. The average molecular weight is 438 g/mol. The Bertz CT molecular complexity index is 1210. The molecule has 6 rings (SSSR count). The number of nitrogens with zero attached hydrogens (tertiary/aromatic N) is 3. The van der Waals surface area contributed by atoms with E-state index in [1.54, 1.807) is 0 Å². The van der Waals surface area contributed by atoms with Crippen molar-refractivity contribution in [1.82, 2.24) is 14.9 Å². The highest BCUT2D eigenvalue weighted by Gasteiger charge is 2.39. The molecule has 3 aromatic rings. The summed E-state index contributed by atoms with van der Waals surface area (Å²) < 4.78 is 6.00. The SMILES string of the molecule is Cc1ccnc(C2=CC3CCCC(C2)N3C(=O)OCC2c3ccccc3-c3ccccc32)n1. The zero-order valence-electron chi connectivity index (χ0n) is 18.8. The van der Waals surface area contributed by atoms with Gasteiger partial charge in [-0.05, 0) is 66.5 Å². The van der Waals surface area contributed by atoms with Crippen LogP contribution in [0.5, 0.6) is 0 Å². The van der Waals surface area contributed by atoms with Crippen LogP contribution in [0.25, 0.3) is 16.7 Å². The number of hydrogen-bond donors (Lipinski definition) is 0. The first-order valence-electron chi connectivity index (χ1n) is 11.8. The van der Waals surface area contributed by atoms with Crippen molar-refractivity contribution in [3.63, 3.8) is 0 Å². The molecule has 5 heteroatoms. The van der Waals surface area contributed by atoms with Gasteiger partial charge in [0.05, 0.1) is 6.04 Å². The summed E-state index contributed by atoms with van der Waals surface area (Å²) >= 11 is 0. The molecule has 0 N–H and O–H groups in total. The Morgan fingerprint density at radius 1 is 1.03 bits per heavy atom. The van der Waals surface area contributed by atoms with E-state index in [2.05, 4.69) is 64.6 Å². The first-order valence-corrected chi connectivity index (χ1v) is 11.8. The van der Waals surface area contributed by atoms with Crippen LogP contribution >= 0.6 is 0 Å². The maximum atomic E-state index is 13.3. The number of piperidine rings is 1. The third-order valence-electron chi connectivity index (χ3n) is 7.27. The van der Waals surface area contributed by atoms with Gasteiger partial charge in [-0.3, -0.25) is 4.90 Å². The topological polar surface area (TPSA) is 55.3 Å². The van der Waals surface area contributed by atoms with Crippen molar-refractivity contribution in [2.24, 2.45) is 0 Å². The minimum Gasteiger partial charge on any atom is -0.448 e. The van der Waals surface area contributed by atoms with Crippen molar-refractivity contribution in [1.29, 1.82) is 0 Å². The quantitative estimate of drug-likeness (QED) is 0.524. The van der Waals surface area contributed by atoms with Gasteiger partial charge in [0.15, 0.2) is 5.82 Å². The molecule has 2 bridgehead atoms. The summed E-state index contributed by atoms with van der Waals surface area (Å²) in [6.45, 7) is 2.35. The van der Waals surface area contributed by atoms with Gasteiger partial charge >= 0.3 is 6.09 Å². The molecular weight excluding hydrogens is 410 g/mol. The van der Waals surface area contributed by atoms with Gasteiger partial charge in [-0.25, -0.2) is 14.8 Å². The molecule has 2 aromatic carbocycles. The zero-order chi connectivity index (χ0) is 22.4. The van der Waals surface area contributed by atoms with Gasteiger partial charge in [0, 0.05) is 23.9 Å². The van der Waals surface area contributed by atoms with Crippen molar-refractivity contribution in [3.05, 3.63) is 89.5 Å². The first kappa shape index (κ1) is 20.2. The third-order valence-corrected chi connectivity index (χ3v) is 7.27. The molecule has 1 saturated heterocycles. The summed E-state index contributed by atoms with van der Waals surface area (Å²) in [5, 5.41) is 0. The van der Waals surface area contributed by atoms with Crippen LogP contribution in [0.15, 0.2) is 66.9 Å². The van der Waals surface area contributed by atoms with Crippen LogP contribution in [0.2, 0.25) is 0 Å². The molecule has 1 fully saturated rings. The predicted octanol–water partition coefficient (Wildman–Crippen LogP) is 5.74. The minimum atomic E-state index is -0.202. The Morgan fingerprint density at radius 3 is 2.45 bits per heavy atom. The minimum absolute atomic E-state index is 0.0484. The number of aromatic nitrogens is 2. The van der Waals surface area contributed by atoms with Crippen molar-refractivity contribution in [3.8, 4) is 11.1 Å². The number of amides is 1. The lowest BCUT2D eigenvalue weighted by atomic mass is 9.85. The molecule has 3 aliphatic rings. The highest BCUT2D eigenvalue weighted by atomic mass is 16.6. The van der Waals surface area contributed by atoms with E-state index in [0.29, 0.717) is 6.61 Å². The standard InChI is InChI=1S/C28H27N3O2/c1-18-13-14-29-27(30-18)19-15-20-7-6-8-21(16-19)31(20)28(32)33-17-26-24-11-4-2-9-22(24)23-10-3-5-12-25(23)26/h2-5,9-15,20-21,26H,6-8,16-17H2,1H3. The average Bonchev–Trinajstić information content (AvgIpc) is 3.15.